The summed E-state index contributed by atoms with van der Waals surface area (Å²) in [6, 6.07) is 4.11. The lowest BCUT2D eigenvalue weighted by molar-refractivity contribution is 0.174. The molecule has 0 saturated heterocycles. The minimum Gasteiger partial charge on any atom is -0.454 e. The van der Waals surface area contributed by atoms with Gasteiger partial charge >= 0.3 is 0 Å². The van der Waals surface area contributed by atoms with E-state index in [9.17, 15) is 0 Å². The molecule has 2 rings (SSSR count). The van der Waals surface area contributed by atoms with E-state index in [1.165, 1.54) is 11.3 Å². The van der Waals surface area contributed by atoms with Crippen LogP contribution in [-0.2, 0) is 0 Å². The van der Waals surface area contributed by atoms with Crippen molar-refractivity contribution in [2.75, 3.05) is 31.8 Å². The van der Waals surface area contributed by atoms with Gasteiger partial charge in [0.1, 0.15) is 0 Å². The first kappa shape index (κ1) is 13.0. The van der Waals surface area contributed by atoms with Crippen molar-refractivity contribution in [2.45, 2.75) is 20.3 Å². The molecule has 1 aromatic carbocycles. The summed E-state index contributed by atoms with van der Waals surface area (Å²) < 4.78 is 10.8. The normalized spacial score (nSPS) is 14.7. The molecule has 1 heterocycles. The van der Waals surface area contributed by atoms with E-state index in [0.717, 1.165) is 31.0 Å². The fourth-order valence-electron chi connectivity index (χ4n) is 2.39. The molecule has 0 saturated carbocycles. The molecule has 0 fully saturated rings. The Hall–Kier alpha value is -1.42. The number of anilines is 1. The van der Waals surface area contributed by atoms with Crippen LogP contribution in [0, 0.1) is 12.8 Å². The van der Waals surface area contributed by atoms with Gasteiger partial charge in [0.05, 0.1) is 0 Å². The van der Waals surface area contributed by atoms with Crippen molar-refractivity contribution >= 4 is 5.69 Å². The summed E-state index contributed by atoms with van der Waals surface area (Å²) in [5.74, 6) is 2.28. The monoisotopic (exact) mass is 250 g/mol. The van der Waals surface area contributed by atoms with Crippen LogP contribution in [0.25, 0.3) is 0 Å². The summed E-state index contributed by atoms with van der Waals surface area (Å²) in [5.41, 5.74) is 8.00. The topological polar surface area (TPSA) is 47.7 Å². The number of ether oxygens (including phenoxy) is 2. The Balaban J connectivity index is 2.12. The van der Waals surface area contributed by atoms with Gasteiger partial charge in [-0.2, -0.15) is 0 Å². The summed E-state index contributed by atoms with van der Waals surface area (Å²) in [6.07, 6.45) is 1.05. The Morgan fingerprint density at radius 2 is 2.00 bits per heavy atom. The van der Waals surface area contributed by atoms with Gasteiger partial charge in [0, 0.05) is 25.3 Å². The summed E-state index contributed by atoms with van der Waals surface area (Å²) >= 11 is 0. The Bertz CT molecular complexity index is 421. The van der Waals surface area contributed by atoms with Crippen molar-refractivity contribution in [1.29, 1.82) is 0 Å². The van der Waals surface area contributed by atoms with Crippen molar-refractivity contribution < 1.29 is 9.47 Å². The number of fused-ring (bicyclic) bond motifs is 1. The molecule has 100 valence electrons. The molecule has 4 heteroatoms. The Labute approximate surface area is 109 Å². The standard InChI is InChI=1S/C14H22N2O2/c1-10(4-5-15)8-16(3)12-7-14-13(6-11(12)2)17-9-18-14/h6-7,10H,4-5,8-9,15H2,1-3H3. The highest BCUT2D eigenvalue weighted by Crippen LogP contribution is 2.37. The van der Waals surface area contributed by atoms with E-state index in [1.54, 1.807) is 0 Å². The summed E-state index contributed by atoms with van der Waals surface area (Å²) in [5, 5.41) is 0. The predicted octanol–water partition coefficient (Wildman–Crippen LogP) is 2.14. The van der Waals surface area contributed by atoms with Crippen LogP contribution >= 0.6 is 0 Å². The van der Waals surface area contributed by atoms with E-state index in [1.807, 2.05) is 6.07 Å². The molecule has 0 bridgehead atoms. The molecule has 1 unspecified atom stereocenters. The van der Waals surface area contributed by atoms with Gasteiger partial charge in [-0.05, 0) is 37.4 Å². The number of hydrogen-bond donors (Lipinski definition) is 1. The van der Waals surface area contributed by atoms with Crippen LogP contribution in [0.5, 0.6) is 11.5 Å². The molecule has 0 radical (unpaired) electrons. The maximum absolute atomic E-state index is 5.59. The lowest BCUT2D eigenvalue weighted by Crippen LogP contribution is -2.25. The zero-order valence-electron chi connectivity index (χ0n) is 11.4. The smallest absolute Gasteiger partial charge is 0.231 e. The van der Waals surface area contributed by atoms with E-state index in [4.69, 9.17) is 15.2 Å². The lowest BCUT2D eigenvalue weighted by Gasteiger charge is -2.25. The quantitative estimate of drug-likeness (QED) is 0.870. The van der Waals surface area contributed by atoms with Crippen molar-refractivity contribution in [2.24, 2.45) is 11.7 Å². The third kappa shape index (κ3) is 2.70. The van der Waals surface area contributed by atoms with E-state index < -0.39 is 0 Å². The van der Waals surface area contributed by atoms with Crippen molar-refractivity contribution in [3.8, 4) is 11.5 Å². The maximum Gasteiger partial charge on any atom is 0.231 e. The third-order valence-corrected chi connectivity index (χ3v) is 3.35. The molecule has 0 aliphatic carbocycles. The molecule has 18 heavy (non-hydrogen) atoms. The van der Waals surface area contributed by atoms with Crippen LogP contribution in [0.15, 0.2) is 12.1 Å². The first-order chi connectivity index (χ1) is 8.61. The highest BCUT2D eigenvalue weighted by atomic mass is 16.7. The first-order valence-corrected chi connectivity index (χ1v) is 6.43. The van der Waals surface area contributed by atoms with Crippen LogP contribution < -0.4 is 20.1 Å². The molecule has 4 nitrogen and oxygen atoms in total. The molecule has 1 aliphatic rings. The summed E-state index contributed by atoms with van der Waals surface area (Å²) in [7, 11) is 2.11. The number of benzene rings is 1. The zero-order chi connectivity index (χ0) is 13.1. The average Bonchev–Trinajstić information content (AvgIpc) is 2.74. The molecule has 0 spiro atoms. The highest BCUT2D eigenvalue weighted by Gasteiger charge is 2.18. The number of nitrogens with zero attached hydrogens (tertiary/aromatic N) is 1. The Morgan fingerprint density at radius 1 is 1.33 bits per heavy atom. The molecule has 0 amide bonds. The van der Waals surface area contributed by atoms with Gasteiger partial charge in [-0.15, -0.1) is 0 Å². The molecule has 1 aliphatic heterocycles. The van der Waals surface area contributed by atoms with E-state index >= 15 is 0 Å². The van der Waals surface area contributed by atoms with Gasteiger partial charge in [0.2, 0.25) is 6.79 Å². The summed E-state index contributed by atoms with van der Waals surface area (Å²) in [4.78, 5) is 2.26. The maximum atomic E-state index is 5.59. The minimum atomic E-state index is 0.325. The molecular weight excluding hydrogens is 228 g/mol. The zero-order valence-corrected chi connectivity index (χ0v) is 11.4. The Kier molecular flexibility index (Phi) is 3.97. The van der Waals surface area contributed by atoms with Crippen LogP contribution in [0.4, 0.5) is 5.69 Å². The summed E-state index contributed by atoms with van der Waals surface area (Å²) in [6.45, 7) is 6.39. The number of aryl methyl sites for hydroxylation is 1. The molecule has 2 N–H and O–H groups in total. The second-order valence-electron chi connectivity index (χ2n) is 5.06. The third-order valence-electron chi connectivity index (χ3n) is 3.35. The van der Waals surface area contributed by atoms with Crippen LogP contribution in [0.2, 0.25) is 0 Å². The SMILES string of the molecule is Cc1cc2c(cc1N(C)CC(C)CCN)OCO2. The number of rotatable bonds is 5. The molecule has 1 aromatic rings. The van der Waals surface area contributed by atoms with Crippen LogP contribution in [0.1, 0.15) is 18.9 Å². The van der Waals surface area contributed by atoms with E-state index in [2.05, 4.69) is 31.9 Å². The fourth-order valence-corrected chi connectivity index (χ4v) is 2.39. The second-order valence-corrected chi connectivity index (χ2v) is 5.06. The van der Waals surface area contributed by atoms with Gasteiger partial charge in [-0.25, -0.2) is 0 Å². The molecule has 0 aromatic heterocycles. The first-order valence-electron chi connectivity index (χ1n) is 6.43. The average molecular weight is 250 g/mol. The largest absolute Gasteiger partial charge is 0.454 e. The van der Waals surface area contributed by atoms with Crippen molar-refractivity contribution in [3.63, 3.8) is 0 Å². The second kappa shape index (κ2) is 5.48. The highest BCUT2D eigenvalue weighted by molar-refractivity contribution is 5.61. The van der Waals surface area contributed by atoms with E-state index in [0.29, 0.717) is 12.7 Å². The van der Waals surface area contributed by atoms with Gasteiger partial charge in [-0.3, -0.25) is 0 Å². The van der Waals surface area contributed by atoms with Gasteiger partial charge in [0.15, 0.2) is 11.5 Å². The van der Waals surface area contributed by atoms with Gasteiger partial charge in [-0.1, -0.05) is 6.92 Å². The lowest BCUT2D eigenvalue weighted by atomic mass is 10.1. The van der Waals surface area contributed by atoms with Gasteiger partial charge in [0.25, 0.3) is 0 Å². The van der Waals surface area contributed by atoms with Crippen molar-refractivity contribution in [3.05, 3.63) is 17.7 Å². The van der Waals surface area contributed by atoms with Crippen LogP contribution in [-0.4, -0.2) is 26.9 Å². The van der Waals surface area contributed by atoms with Crippen LogP contribution in [0.3, 0.4) is 0 Å². The molecular formula is C14H22N2O2. The minimum absolute atomic E-state index is 0.325. The number of hydrogen-bond acceptors (Lipinski definition) is 4. The fraction of sp³-hybridized carbons (Fsp3) is 0.571. The Morgan fingerprint density at radius 3 is 2.67 bits per heavy atom. The predicted molar refractivity (Wildman–Crippen MR) is 73.4 cm³/mol. The molecule has 1 atom stereocenters. The number of nitrogens with two attached hydrogens (primary N) is 1. The van der Waals surface area contributed by atoms with E-state index in [-0.39, 0.29) is 0 Å². The van der Waals surface area contributed by atoms with Gasteiger partial charge < -0.3 is 20.1 Å². The van der Waals surface area contributed by atoms with Crippen molar-refractivity contribution in [1.82, 2.24) is 0 Å².